The van der Waals surface area contributed by atoms with Gasteiger partial charge in [-0.3, -0.25) is 0 Å². The second-order valence-electron chi connectivity index (χ2n) is 6.46. The Hall–Kier alpha value is 0.230. The minimum atomic E-state index is -0.567. The van der Waals surface area contributed by atoms with Gasteiger partial charge in [0.15, 0.2) is 0 Å². The van der Waals surface area contributed by atoms with Gasteiger partial charge in [-0.15, -0.1) is 0 Å². The molecular weight excluding hydrogens is 258 g/mol. The molecule has 2 fully saturated rings. The summed E-state index contributed by atoms with van der Waals surface area (Å²) in [5, 5.41) is 13.8. The maximum atomic E-state index is 10.2. The Morgan fingerprint density at radius 3 is 2.84 bits per heavy atom. The summed E-state index contributed by atoms with van der Waals surface area (Å²) in [6.45, 7) is 5.64. The molecule has 0 aromatic carbocycles. The number of thioether (sulfide) groups is 1. The second kappa shape index (κ2) is 6.79. The lowest BCUT2D eigenvalue weighted by Gasteiger charge is -2.44. The monoisotopic (exact) mass is 287 g/mol. The molecule has 3 nitrogen and oxygen atoms in total. The van der Waals surface area contributed by atoms with Gasteiger partial charge in [-0.2, -0.15) is 11.8 Å². The van der Waals surface area contributed by atoms with Gasteiger partial charge in [0.05, 0.1) is 11.2 Å². The van der Waals surface area contributed by atoms with Crippen molar-refractivity contribution in [2.24, 2.45) is 0 Å². The maximum absolute atomic E-state index is 10.2. The first kappa shape index (κ1) is 15.6. The molecule has 2 aliphatic heterocycles. The molecule has 0 saturated carbocycles. The van der Waals surface area contributed by atoms with Crippen LogP contribution in [0.5, 0.6) is 0 Å². The molecule has 2 rings (SSSR count). The SMILES string of the molecule is CCCC(C)(O)CNC1CCOC2(CCSCC2)C1. The summed E-state index contributed by atoms with van der Waals surface area (Å²) < 4.78 is 6.10. The minimum Gasteiger partial charge on any atom is -0.389 e. The minimum absolute atomic E-state index is 0.137. The van der Waals surface area contributed by atoms with E-state index in [1.807, 2.05) is 18.7 Å². The maximum Gasteiger partial charge on any atom is 0.0743 e. The molecule has 2 N–H and O–H groups in total. The van der Waals surface area contributed by atoms with Crippen LogP contribution in [-0.2, 0) is 4.74 Å². The number of nitrogens with one attached hydrogen (secondary N) is 1. The van der Waals surface area contributed by atoms with E-state index in [1.54, 1.807) is 0 Å². The van der Waals surface area contributed by atoms with Crippen LogP contribution < -0.4 is 5.32 Å². The lowest BCUT2D eigenvalue weighted by atomic mass is 9.85. The predicted molar refractivity (Wildman–Crippen MR) is 81.8 cm³/mol. The summed E-state index contributed by atoms with van der Waals surface area (Å²) in [6.07, 6.45) is 6.49. The fourth-order valence-electron chi connectivity index (χ4n) is 3.29. The molecule has 0 amide bonds. The second-order valence-corrected chi connectivity index (χ2v) is 7.69. The number of hydrogen-bond donors (Lipinski definition) is 2. The molecule has 112 valence electrons. The highest BCUT2D eigenvalue weighted by molar-refractivity contribution is 7.99. The quantitative estimate of drug-likeness (QED) is 0.815. The largest absolute Gasteiger partial charge is 0.389 e. The average molecular weight is 287 g/mol. The fraction of sp³-hybridized carbons (Fsp3) is 1.00. The van der Waals surface area contributed by atoms with Crippen molar-refractivity contribution in [2.45, 2.75) is 69.6 Å². The molecule has 2 saturated heterocycles. The highest BCUT2D eigenvalue weighted by Gasteiger charge is 2.38. The van der Waals surface area contributed by atoms with Crippen LogP contribution in [0.3, 0.4) is 0 Å². The van der Waals surface area contributed by atoms with Crippen LogP contribution in [0.4, 0.5) is 0 Å². The van der Waals surface area contributed by atoms with Crippen LogP contribution in [0.1, 0.15) is 52.4 Å². The van der Waals surface area contributed by atoms with E-state index in [-0.39, 0.29) is 5.60 Å². The summed E-state index contributed by atoms with van der Waals surface area (Å²) in [5.74, 6) is 2.47. The number of rotatable bonds is 5. The van der Waals surface area contributed by atoms with E-state index in [1.165, 1.54) is 24.3 Å². The van der Waals surface area contributed by atoms with E-state index in [4.69, 9.17) is 4.74 Å². The molecule has 4 heteroatoms. The lowest BCUT2D eigenvalue weighted by molar-refractivity contribution is -0.0951. The average Bonchev–Trinajstić information content (AvgIpc) is 2.38. The molecule has 0 radical (unpaired) electrons. The molecule has 19 heavy (non-hydrogen) atoms. The highest BCUT2D eigenvalue weighted by Crippen LogP contribution is 2.37. The van der Waals surface area contributed by atoms with Gasteiger partial charge < -0.3 is 15.2 Å². The molecule has 2 atom stereocenters. The first-order chi connectivity index (χ1) is 9.05. The molecule has 0 bridgehead atoms. The van der Waals surface area contributed by atoms with Gasteiger partial charge in [0.2, 0.25) is 0 Å². The third-order valence-corrected chi connectivity index (χ3v) is 5.44. The standard InChI is InChI=1S/C15H29NO2S/c1-3-5-14(2,17)12-16-13-4-8-18-15(11-13)6-9-19-10-7-15/h13,16-17H,3-12H2,1-2H3. The summed E-state index contributed by atoms with van der Waals surface area (Å²) in [7, 11) is 0. The van der Waals surface area contributed by atoms with Crippen molar-refractivity contribution < 1.29 is 9.84 Å². The third-order valence-electron chi connectivity index (χ3n) is 4.46. The molecule has 0 aromatic rings. The van der Waals surface area contributed by atoms with Crippen molar-refractivity contribution in [3.05, 3.63) is 0 Å². The zero-order valence-electron chi connectivity index (χ0n) is 12.4. The van der Waals surface area contributed by atoms with Crippen molar-refractivity contribution in [2.75, 3.05) is 24.7 Å². The predicted octanol–water partition coefficient (Wildman–Crippen LogP) is 2.57. The fourth-order valence-corrected chi connectivity index (χ4v) is 4.52. The zero-order chi connectivity index (χ0) is 13.8. The number of ether oxygens (including phenoxy) is 1. The Balaban J connectivity index is 1.81. The van der Waals surface area contributed by atoms with Crippen molar-refractivity contribution in [3.8, 4) is 0 Å². The van der Waals surface area contributed by atoms with Crippen molar-refractivity contribution in [1.82, 2.24) is 5.32 Å². The molecule has 2 unspecified atom stereocenters. The van der Waals surface area contributed by atoms with Gasteiger partial charge in [-0.1, -0.05) is 13.3 Å². The Bertz CT molecular complexity index is 272. The van der Waals surface area contributed by atoms with E-state index >= 15 is 0 Å². The Morgan fingerprint density at radius 2 is 2.16 bits per heavy atom. The van der Waals surface area contributed by atoms with Crippen molar-refractivity contribution >= 4 is 11.8 Å². The first-order valence-electron chi connectivity index (χ1n) is 7.73. The van der Waals surface area contributed by atoms with Crippen LogP contribution in [-0.4, -0.2) is 47.0 Å². The van der Waals surface area contributed by atoms with E-state index in [0.717, 1.165) is 32.3 Å². The molecule has 0 aromatic heterocycles. The van der Waals surface area contributed by atoms with Crippen LogP contribution in [0.25, 0.3) is 0 Å². The number of hydrogen-bond acceptors (Lipinski definition) is 4. The van der Waals surface area contributed by atoms with E-state index in [0.29, 0.717) is 12.6 Å². The Kier molecular flexibility index (Phi) is 5.58. The Labute approximate surface area is 121 Å². The van der Waals surface area contributed by atoms with E-state index in [2.05, 4.69) is 12.2 Å². The van der Waals surface area contributed by atoms with Crippen LogP contribution in [0.2, 0.25) is 0 Å². The summed E-state index contributed by atoms with van der Waals surface area (Å²) in [5.41, 5.74) is -0.430. The third kappa shape index (κ3) is 4.62. The van der Waals surface area contributed by atoms with Gasteiger partial charge >= 0.3 is 0 Å². The van der Waals surface area contributed by atoms with Gasteiger partial charge in [0, 0.05) is 19.2 Å². The summed E-state index contributed by atoms with van der Waals surface area (Å²) in [4.78, 5) is 0. The topological polar surface area (TPSA) is 41.5 Å². The molecule has 2 aliphatic rings. The van der Waals surface area contributed by atoms with Gasteiger partial charge in [0.25, 0.3) is 0 Å². The zero-order valence-corrected chi connectivity index (χ0v) is 13.2. The van der Waals surface area contributed by atoms with Crippen molar-refractivity contribution in [1.29, 1.82) is 0 Å². The van der Waals surface area contributed by atoms with Gasteiger partial charge in [-0.25, -0.2) is 0 Å². The van der Waals surface area contributed by atoms with Crippen molar-refractivity contribution in [3.63, 3.8) is 0 Å². The van der Waals surface area contributed by atoms with Crippen LogP contribution >= 0.6 is 11.8 Å². The molecule has 0 aliphatic carbocycles. The summed E-state index contributed by atoms with van der Waals surface area (Å²) >= 11 is 2.05. The van der Waals surface area contributed by atoms with E-state index < -0.39 is 5.60 Å². The molecule has 2 heterocycles. The smallest absolute Gasteiger partial charge is 0.0743 e. The van der Waals surface area contributed by atoms with Crippen LogP contribution in [0.15, 0.2) is 0 Å². The first-order valence-corrected chi connectivity index (χ1v) is 8.88. The Morgan fingerprint density at radius 1 is 1.42 bits per heavy atom. The highest BCUT2D eigenvalue weighted by atomic mass is 32.2. The van der Waals surface area contributed by atoms with Gasteiger partial charge in [-0.05, 0) is 50.5 Å². The van der Waals surface area contributed by atoms with Gasteiger partial charge in [0.1, 0.15) is 0 Å². The van der Waals surface area contributed by atoms with Crippen LogP contribution in [0, 0.1) is 0 Å². The van der Waals surface area contributed by atoms with E-state index in [9.17, 15) is 5.11 Å². The molecule has 1 spiro atoms. The number of aliphatic hydroxyl groups is 1. The summed E-state index contributed by atoms with van der Waals surface area (Å²) in [6, 6.07) is 0.514. The molecular formula is C15H29NO2S. The lowest BCUT2D eigenvalue weighted by Crippen LogP contribution is -2.51. The normalized spacial score (nSPS) is 30.2.